The molecule has 0 heterocycles. The summed E-state index contributed by atoms with van der Waals surface area (Å²) >= 11 is 0. The summed E-state index contributed by atoms with van der Waals surface area (Å²) < 4.78 is 16.9. The molecule has 0 aliphatic heterocycles. The van der Waals surface area contributed by atoms with Crippen molar-refractivity contribution in [2.75, 3.05) is 13.2 Å². The lowest BCUT2D eigenvalue weighted by Crippen LogP contribution is -2.30. The molecule has 0 saturated heterocycles. The normalized spacial score (nSPS) is 12.4. The van der Waals surface area contributed by atoms with E-state index in [-0.39, 0.29) is 31.1 Å². The molecular formula is C67H120O6. The van der Waals surface area contributed by atoms with Crippen LogP contribution in [-0.2, 0) is 28.6 Å². The molecule has 6 heteroatoms. The number of unbranched alkanes of at least 4 members (excludes halogenated alkanes) is 37. The van der Waals surface area contributed by atoms with Crippen molar-refractivity contribution in [3.8, 4) is 0 Å². The maximum atomic E-state index is 12.8. The van der Waals surface area contributed by atoms with Crippen molar-refractivity contribution in [3.05, 3.63) is 60.8 Å². The molecule has 424 valence electrons. The largest absolute Gasteiger partial charge is 0.462 e. The van der Waals surface area contributed by atoms with E-state index in [2.05, 4.69) is 81.5 Å². The SMILES string of the molecule is CCCC/C=C\CCCCCCCC(=O)OCC(COC(=O)CCCCCCCCCCCCCCCCCCC/C=C\C/C=C\CCCCCCC)OC(=O)CCCCCCC/C=C\C/C=C\CCCCC. The fraction of sp³-hybridized carbons (Fsp3) is 0.806. The number of hydrogen-bond donors (Lipinski definition) is 0. The molecule has 0 amide bonds. The van der Waals surface area contributed by atoms with E-state index in [4.69, 9.17) is 14.2 Å². The van der Waals surface area contributed by atoms with Gasteiger partial charge in [-0.2, -0.15) is 0 Å². The van der Waals surface area contributed by atoms with Crippen LogP contribution in [0.15, 0.2) is 60.8 Å². The number of carbonyl (C=O) groups excluding carboxylic acids is 3. The third-order valence-electron chi connectivity index (χ3n) is 14.0. The van der Waals surface area contributed by atoms with Crippen molar-refractivity contribution in [2.24, 2.45) is 0 Å². The predicted octanol–water partition coefficient (Wildman–Crippen LogP) is 21.6. The Balaban J connectivity index is 4.16. The Morgan fingerprint density at radius 3 is 0.836 bits per heavy atom. The highest BCUT2D eigenvalue weighted by Gasteiger charge is 2.19. The molecule has 0 aromatic rings. The van der Waals surface area contributed by atoms with Crippen molar-refractivity contribution in [2.45, 2.75) is 335 Å². The lowest BCUT2D eigenvalue weighted by molar-refractivity contribution is -0.167. The molecule has 0 fully saturated rings. The molecule has 0 radical (unpaired) electrons. The van der Waals surface area contributed by atoms with Gasteiger partial charge in [-0.25, -0.2) is 0 Å². The Bertz CT molecular complexity index is 1310. The number of hydrogen-bond acceptors (Lipinski definition) is 6. The first-order chi connectivity index (χ1) is 36.0. The molecule has 0 spiro atoms. The molecular weight excluding hydrogens is 901 g/mol. The second-order valence-electron chi connectivity index (χ2n) is 21.3. The quantitative estimate of drug-likeness (QED) is 0.0261. The van der Waals surface area contributed by atoms with Gasteiger partial charge in [0.2, 0.25) is 0 Å². The average Bonchev–Trinajstić information content (AvgIpc) is 3.39. The van der Waals surface area contributed by atoms with Crippen LogP contribution in [0.4, 0.5) is 0 Å². The van der Waals surface area contributed by atoms with E-state index in [1.807, 2.05) is 0 Å². The van der Waals surface area contributed by atoms with Gasteiger partial charge in [0, 0.05) is 19.3 Å². The van der Waals surface area contributed by atoms with E-state index in [0.29, 0.717) is 19.3 Å². The Kier molecular flexibility index (Phi) is 59.2. The van der Waals surface area contributed by atoms with Gasteiger partial charge in [0.15, 0.2) is 6.10 Å². The highest BCUT2D eigenvalue weighted by atomic mass is 16.6. The molecule has 0 rings (SSSR count). The van der Waals surface area contributed by atoms with Gasteiger partial charge in [-0.3, -0.25) is 14.4 Å². The summed E-state index contributed by atoms with van der Waals surface area (Å²) in [6.07, 6.45) is 78.1. The molecule has 0 bridgehead atoms. The number of carbonyl (C=O) groups is 3. The first-order valence-corrected chi connectivity index (χ1v) is 31.8. The minimum atomic E-state index is -0.783. The van der Waals surface area contributed by atoms with Gasteiger partial charge in [0.25, 0.3) is 0 Å². The van der Waals surface area contributed by atoms with Crippen LogP contribution in [0.25, 0.3) is 0 Å². The number of allylic oxidation sites excluding steroid dienone is 10. The molecule has 0 aliphatic carbocycles. The van der Waals surface area contributed by atoms with Gasteiger partial charge in [-0.1, -0.05) is 268 Å². The van der Waals surface area contributed by atoms with Gasteiger partial charge < -0.3 is 14.2 Å². The fourth-order valence-electron chi connectivity index (χ4n) is 9.13. The van der Waals surface area contributed by atoms with Crippen LogP contribution in [0.1, 0.15) is 329 Å². The summed E-state index contributed by atoms with van der Waals surface area (Å²) in [6.45, 7) is 6.58. The predicted molar refractivity (Wildman–Crippen MR) is 316 cm³/mol. The highest BCUT2D eigenvalue weighted by molar-refractivity contribution is 5.71. The van der Waals surface area contributed by atoms with E-state index in [0.717, 1.165) is 96.3 Å². The molecule has 0 aromatic heterocycles. The van der Waals surface area contributed by atoms with Crippen LogP contribution in [-0.4, -0.2) is 37.2 Å². The van der Waals surface area contributed by atoms with Gasteiger partial charge in [0.05, 0.1) is 0 Å². The standard InChI is InChI=1S/C67H120O6/c1-4-7-10-13-16-19-22-24-26-27-28-29-30-31-32-33-34-35-36-37-38-39-41-42-45-48-51-54-57-60-66(69)72-63-64(62-71-65(68)59-56-53-50-47-44-21-18-15-12-9-6-3)73-67(70)61-58-55-52-49-46-43-40-25-23-20-17-14-11-8-5-2/h15,17-18,20,22,24-25,27-28,40,64H,4-14,16,19,21,23,26,29-39,41-63H2,1-3H3/b18-15-,20-17-,24-22-,28-27-,40-25-. The summed E-state index contributed by atoms with van der Waals surface area (Å²) in [5.41, 5.74) is 0. The topological polar surface area (TPSA) is 78.9 Å². The summed E-state index contributed by atoms with van der Waals surface area (Å²) in [6, 6.07) is 0. The molecule has 73 heavy (non-hydrogen) atoms. The molecule has 0 aliphatic rings. The third kappa shape index (κ3) is 59.9. The Morgan fingerprint density at radius 2 is 0.507 bits per heavy atom. The Labute approximate surface area is 453 Å². The summed E-state index contributed by atoms with van der Waals surface area (Å²) in [5.74, 6) is -0.891. The van der Waals surface area contributed by atoms with Gasteiger partial charge in [0.1, 0.15) is 13.2 Å². The molecule has 0 saturated carbocycles. The number of rotatable bonds is 58. The van der Waals surface area contributed by atoms with Crippen molar-refractivity contribution in [1.29, 1.82) is 0 Å². The number of ether oxygens (including phenoxy) is 3. The van der Waals surface area contributed by atoms with E-state index in [9.17, 15) is 14.4 Å². The molecule has 1 atom stereocenters. The molecule has 0 aromatic carbocycles. The zero-order chi connectivity index (χ0) is 52.9. The van der Waals surface area contributed by atoms with Crippen molar-refractivity contribution < 1.29 is 28.6 Å². The van der Waals surface area contributed by atoms with E-state index < -0.39 is 6.10 Å². The van der Waals surface area contributed by atoms with Crippen molar-refractivity contribution >= 4 is 17.9 Å². The molecule has 6 nitrogen and oxygen atoms in total. The van der Waals surface area contributed by atoms with E-state index in [1.165, 1.54) is 193 Å². The minimum Gasteiger partial charge on any atom is -0.462 e. The Morgan fingerprint density at radius 1 is 0.274 bits per heavy atom. The van der Waals surface area contributed by atoms with Gasteiger partial charge in [-0.05, 0) is 103 Å². The van der Waals surface area contributed by atoms with Crippen LogP contribution < -0.4 is 0 Å². The molecule has 1 unspecified atom stereocenters. The average molecular weight is 1020 g/mol. The summed E-state index contributed by atoms with van der Waals surface area (Å²) in [5, 5.41) is 0. The van der Waals surface area contributed by atoms with Crippen LogP contribution in [0.3, 0.4) is 0 Å². The maximum absolute atomic E-state index is 12.8. The lowest BCUT2D eigenvalue weighted by Gasteiger charge is -2.18. The van der Waals surface area contributed by atoms with Gasteiger partial charge >= 0.3 is 17.9 Å². The second-order valence-corrected chi connectivity index (χ2v) is 21.3. The smallest absolute Gasteiger partial charge is 0.306 e. The maximum Gasteiger partial charge on any atom is 0.306 e. The zero-order valence-electron chi connectivity index (χ0n) is 48.7. The zero-order valence-corrected chi connectivity index (χ0v) is 48.7. The Hall–Kier alpha value is -2.89. The number of esters is 3. The summed E-state index contributed by atoms with van der Waals surface area (Å²) in [4.78, 5) is 38.2. The highest BCUT2D eigenvalue weighted by Crippen LogP contribution is 2.17. The third-order valence-corrected chi connectivity index (χ3v) is 14.0. The van der Waals surface area contributed by atoms with Crippen LogP contribution in [0, 0.1) is 0 Å². The van der Waals surface area contributed by atoms with E-state index >= 15 is 0 Å². The second kappa shape index (κ2) is 61.7. The lowest BCUT2D eigenvalue weighted by atomic mass is 10.0. The van der Waals surface area contributed by atoms with Gasteiger partial charge in [-0.15, -0.1) is 0 Å². The summed E-state index contributed by atoms with van der Waals surface area (Å²) in [7, 11) is 0. The molecule has 0 N–H and O–H groups in total. The van der Waals surface area contributed by atoms with Crippen molar-refractivity contribution in [3.63, 3.8) is 0 Å². The fourth-order valence-corrected chi connectivity index (χ4v) is 9.13. The first-order valence-electron chi connectivity index (χ1n) is 31.8. The van der Waals surface area contributed by atoms with Crippen molar-refractivity contribution in [1.82, 2.24) is 0 Å². The van der Waals surface area contributed by atoms with Crippen LogP contribution in [0.5, 0.6) is 0 Å². The first kappa shape index (κ1) is 70.1. The monoisotopic (exact) mass is 1020 g/mol. The van der Waals surface area contributed by atoms with Crippen LogP contribution in [0.2, 0.25) is 0 Å². The van der Waals surface area contributed by atoms with Crippen LogP contribution >= 0.6 is 0 Å². The minimum absolute atomic E-state index is 0.0801. The van der Waals surface area contributed by atoms with E-state index in [1.54, 1.807) is 0 Å².